The highest BCUT2D eigenvalue weighted by molar-refractivity contribution is 5.94. The normalized spacial score (nSPS) is 23.6. The molecule has 6 nitrogen and oxygen atoms in total. The minimum absolute atomic E-state index is 0.128. The minimum atomic E-state index is -0.601. The molecule has 2 aromatic carbocycles. The van der Waals surface area contributed by atoms with Crippen molar-refractivity contribution in [2.45, 2.75) is 56.8 Å². The number of hydrogen-bond donors (Lipinski definition) is 3. The van der Waals surface area contributed by atoms with Crippen LogP contribution in [0.4, 0.5) is 0 Å². The first-order valence-electron chi connectivity index (χ1n) is 10.8. The van der Waals surface area contributed by atoms with Gasteiger partial charge >= 0.3 is 0 Å². The number of ether oxygens (including phenoxy) is 1. The van der Waals surface area contributed by atoms with Crippen LogP contribution in [-0.2, 0) is 21.6 Å². The number of aliphatic hydroxyl groups is 1. The number of benzene rings is 2. The molecular weight excluding hydrogens is 392 g/mol. The predicted molar refractivity (Wildman–Crippen MR) is 120 cm³/mol. The maximum atomic E-state index is 12.9. The Labute approximate surface area is 184 Å². The van der Waals surface area contributed by atoms with Crippen LogP contribution in [-0.4, -0.2) is 42.7 Å². The van der Waals surface area contributed by atoms with Gasteiger partial charge in [-0.25, -0.2) is 0 Å². The number of carbonyl (C=O) groups is 2. The molecule has 3 atom stereocenters. The van der Waals surface area contributed by atoms with Crippen LogP contribution in [0, 0.1) is 0 Å². The van der Waals surface area contributed by atoms with E-state index in [2.05, 4.69) is 22.8 Å². The summed E-state index contributed by atoms with van der Waals surface area (Å²) in [6.07, 6.45) is 2.07. The Morgan fingerprint density at radius 1 is 1.10 bits per heavy atom. The first-order valence-corrected chi connectivity index (χ1v) is 10.8. The predicted octanol–water partition coefficient (Wildman–Crippen LogP) is 2.94. The number of hydrogen-bond acceptors (Lipinski definition) is 4. The first-order chi connectivity index (χ1) is 14.9. The lowest BCUT2D eigenvalue weighted by Gasteiger charge is -2.34. The molecular formula is C25H32N2O4. The Kier molecular flexibility index (Phi) is 7.82. The van der Waals surface area contributed by atoms with Crippen molar-refractivity contribution < 1.29 is 19.4 Å². The molecule has 166 valence electrons. The Balaban J connectivity index is 1.79. The third-order valence-corrected chi connectivity index (χ3v) is 6.18. The van der Waals surface area contributed by atoms with E-state index in [9.17, 15) is 14.7 Å². The van der Waals surface area contributed by atoms with E-state index in [1.165, 1.54) is 6.92 Å². The second-order valence-electron chi connectivity index (χ2n) is 8.41. The molecule has 0 aliphatic heterocycles. The van der Waals surface area contributed by atoms with Crippen molar-refractivity contribution in [2.75, 3.05) is 13.7 Å². The Morgan fingerprint density at radius 3 is 2.55 bits per heavy atom. The standard InChI is InChI=1S/C25H32N2O4/c1-18(28)27-22-11-13-25(14-12-23(22)29,21-9-4-3-5-10-21)17-26-24(30)20-8-6-7-19(15-20)16-31-2/h3-10,15,22-23,29H,11-14,16-17H2,1-2H3,(H,26,30)(H,27,28)/t22-,23-,25-/m0/s1. The zero-order valence-electron chi connectivity index (χ0n) is 18.3. The molecule has 31 heavy (non-hydrogen) atoms. The Hall–Kier alpha value is -2.70. The fourth-order valence-electron chi connectivity index (χ4n) is 4.48. The van der Waals surface area contributed by atoms with Gasteiger partial charge in [0.25, 0.3) is 5.91 Å². The first kappa shape index (κ1) is 23.0. The van der Waals surface area contributed by atoms with Gasteiger partial charge in [0.2, 0.25) is 5.91 Å². The van der Waals surface area contributed by atoms with E-state index in [1.54, 1.807) is 13.2 Å². The monoisotopic (exact) mass is 424 g/mol. The Bertz CT molecular complexity index is 886. The third kappa shape index (κ3) is 5.93. The second kappa shape index (κ2) is 10.6. The van der Waals surface area contributed by atoms with Crippen molar-refractivity contribution in [1.29, 1.82) is 0 Å². The van der Waals surface area contributed by atoms with Crippen LogP contribution < -0.4 is 10.6 Å². The maximum Gasteiger partial charge on any atom is 0.251 e. The van der Waals surface area contributed by atoms with Crippen LogP contribution in [0.15, 0.2) is 54.6 Å². The summed E-state index contributed by atoms with van der Waals surface area (Å²) in [6, 6.07) is 17.3. The molecule has 0 radical (unpaired) electrons. The highest BCUT2D eigenvalue weighted by Crippen LogP contribution is 2.38. The van der Waals surface area contributed by atoms with Crippen LogP contribution in [0.25, 0.3) is 0 Å². The molecule has 6 heteroatoms. The number of carbonyl (C=O) groups excluding carboxylic acids is 2. The van der Waals surface area contributed by atoms with Crippen LogP contribution in [0.5, 0.6) is 0 Å². The fourth-order valence-corrected chi connectivity index (χ4v) is 4.48. The zero-order chi connectivity index (χ0) is 22.3. The quantitative estimate of drug-likeness (QED) is 0.597. The van der Waals surface area contributed by atoms with Gasteiger partial charge in [0, 0.05) is 31.6 Å². The molecule has 1 aliphatic carbocycles. The van der Waals surface area contributed by atoms with Crippen molar-refractivity contribution >= 4 is 11.8 Å². The number of aliphatic hydroxyl groups excluding tert-OH is 1. The van der Waals surface area contributed by atoms with E-state index in [4.69, 9.17) is 4.74 Å². The van der Waals surface area contributed by atoms with E-state index < -0.39 is 6.10 Å². The molecule has 0 saturated heterocycles. The van der Waals surface area contributed by atoms with Gasteiger partial charge in [0.15, 0.2) is 0 Å². The van der Waals surface area contributed by atoms with E-state index in [-0.39, 0.29) is 23.3 Å². The lowest BCUT2D eigenvalue weighted by Crippen LogP contribution is -2.42. The number of rotatable bonds is 7. The van der Waals surface area contributed by atoms with Crippen molar-refractivity contribution in [2.24, 2.45) is 0 Å². The molecule has 0 unspecified atom stereocenters. The SMILES string of the molecule is COCc1cccc(C(=O)NC[C@]2(c3ccccc3)CC[C@H](NC(C)=O)[C@@H](O)CC2)c1. The molecule has 3 rings (SSSR count). The smallest absolute Gasteiger partial charge is 0.251 e. The molecule has 1 aliphatic rings. The molecule has 0 spiro atoms. The van der Waals surface area contributed by atoms with E-state index >= 15 is 0 Å². The maximum absolute atomic E-state index is 12.9. The summed E-state index contributed by atoms with van der Waals surface area (Å²) in [5.41, 5.74) is 2.38. The molecule has 2 amide bonds. The average Bonchev–Trinajstić information content (AvgIpc) is 2.93. The molecule has 1 saturated carbocycles. The lowest BCUT2D eigenvalue weighted by molar-refractivity contribution is -0.120. The van der Waals surface area contributed by atoms with Gasteiger partial charge in [0.1, 0.15) is 0 Å². The highest BCUT2D eigenvalue weighted by Gasteiger charge is 2.38. The topological polar surface area (TPSA) is 87.7 Å². The zero-order valence-corrected chi connectivity index (χ0v) is 18.3. The summed E-state index contributed by atoms with van der Waals surface area (Å²) in [6.45, 7) is 2.39. The van der Waals surface area contributed by atoms with E-state index in [0.29, 0.717) is 31.6 Å². The minimum Gasteiger partial charge on any atom is -0.391 e. The van der Waals surface area contributed by atoms with Crippen LogP contribution in [0.3, 0.4) is 0 Å². The van der Waals surface area contributed by atoms with Gasteiger partial charge in [-0.05, 0) is 48.9 Å². The van der Waals surface area contributed by atoms with Crippen molar-refractivity contribution in [1.82, 2.24) is 10.6 Å². The summed E-state index contributed by atoms with van der Waals surface area (Å²) in [7, 11) is 1.63. The summed E-state index contributed by atoms with van der Waals surface area (Å²) in [5, 5.41) is 16.6. The molecule has 0 aromatic heterocycles. The average molecular weight is 425 g/mol. The lowest BCUT2D eigenvalue weighted by atomic mass is 9.74. The molecule has 3 N–H and O–H groups in total. The highest BCUT2D eigenvalue weighted by atomic mass is 16.5. The van der Waals surface area contributed by atoms with Crippen LogP contribution >= 0.6 is 0 Å². The largest absolute Gasteiger partial charge is 0.391 e. The van der Waals surface area contributed by atoms with E-state index in [1.807, 2.05) is 36.4 Å². The van der Waals surface area contributed by atoms with Crippen molar-refractivity contribution in [3.8, 4) is 0 Å². The van der Waals surface area contributed by atoms with Gasteiger partial charge in [-0.2, -0.15) is 0 Å². The summed E-state index contributed by atoms with van der Waals surface area (Å²) in [4.78, 5) is 24.5. The van der Waals surface area contributed by atoms with Crippen LogP contribution in [0.2, 0.25) is 0 Å². The van der Waals surface area contributed by atoms with Gasteiger partial charge in [-0.15, -0.1) is 0 Å². The molecule has 1 fully saturated rings. The number of amides is 2. The third-order valence-electron chi connectivity index (χ3n) is 6.18. The summed E-state index contributed by atoms with van der Waals surface area (Å²) in [5.74, 6) is -0.267. The van der Waals surface area contributed by atoms with Crippen molar-refractivity contribution in [3.05, 3.63) is 71.3 Å². The number of nitrogens with one attached hydrogen (secondary N) is 2. The molecule has 0 heterocycles. The van der Waals surface area contributed by atoms with Crippen LogP contribution in [0.1, 0.15) is 54.1 Å². The summed E-state index contributed by atoms with van der Waals surface area (Å²) < 4.78 is 5.17. The fraction of sp³-hybridized carbons (Fsp3) is 0.440. The second-order valence-corrected chi connectivity index (χ2v) is 8.41. The van der Waals surface area contributed by atoms with Gasteiger partial charge < -0.3 is 20.5 Å². The summed E-state index contributed by atoms with van der Waals surface area (Å²) >= 11 is 0. The van der Waals surface area contributed by atoms with Gasteiger partial charge in [-0.1, -0.05) is 42.5 Å². The number of methoxy groups -OCH3 is 1. The van der Waals surface area contributed by atoms with Gasteiger partial charge in [0.05, 0.1) is 18.8 Å². The van der Waals surface area contributed by atoms with Gasteiger partial charge in [-0.3, -0.25) is 9.59 Å². The van der Waals surface area contributed by atoms with E-state index in [0.717, 1.165) is 24.0 Å². The Morgan fingerprint density at radius 2 is 1.84 bits per heavy atom. The molecule has 2 aromatic rings. The molecule has 0 bridgehead atoms. The van der Waals surface area contributed by atoms with Crippen molar-refractivity contribution in [3.63, 3.8) is 0 Å².